The minimum Gasteiger partial charge on any atom is -0.452 e. The van der Waals surface area contributed by atoms with Crippen LogP contribution >= 0.6 is 0 Å². The van der Waals surface area contributed by atoms with Gasteiger partial charge in [0.05, 0.1) is 11.0 Å². The molecule has 0 spiro atoms. The lowest BCUT2D eigenvalue weighted by molar-refractivity contribution is -0.142. The van der Waals surface area contributed by atoms with Crippen molar-refractivity contribution in [1.82, 2.24) is 9.97 Å². The highest BCUT2D eigenvalue weighted by atomic mass is 19.3. The van der Waals surface area contributed by atoms with Crippen molar-refractivity contribution in [3.05, 3.63) is 64.6 Å². The van der Waals surface area contributed by atoms with Crippen LogP contribution in [0.4, 0.5) is 14.5 Å². The van der Waals surface area contributed by atoms with E-state index >= 15 is 0 Å². The lowest BCUT2D eigenvalue weighted by Gasteiger charge is -2.05. The number of aromatic nitrogens is 2. The van der Waals surface area contributed by atoms with Crippen molar-refractivity contribution >= 4 is 34.7 Å². The number of anilines is 1. The van der Waals surface area contributed by atoms with E-state index in [1.807, 2.05) is 0 Å². The maximum absolute atomic E-state index is 12.1. The van der Waals surface area contributed by atoms with Gasteiger partial charge in [0.1, 0.15) is 5.75 Å². The van der Waals surface area contributed by atoms with Gasteiger partial charge in [0.25, 0.3) is 5.91 Å². The Morgan fingerprint density at radius 1 is 1.07 bits per heavy atom. The Labute approximate surface area is 162 Å². The molecule has 0 aliphatic heterocycles. The second-order valence-corrected chi connectivity index (χ2v) is 5.78. The van der Waals surface area contributed by atoms with Crippen LogP contribution in [0.2, 0.25) is 0 Å². The molecule has 29 heavy (non-hydrogen) atoms. The average molecular weight is 403 g/mol. The zero-order valence-corrected chi connectivity index (χ0v) is 14.8. The molecule has 0 aliphatic rings. The second-order valence-electron chi connectivity index (χ2n) is 5.78. The zero-order valence-electron chi connectivity index (χ0n) is 14.8. The molecule has 1 heterocycles. The van der Waals surface area contributed by atoms with Gasteiger partial charge in [-0.2, -0.15) is 8.78 Å². The van der Waals surface area contributed by atoms with Crippen LogP contribution in [0, 0.1) is 0 Å². The fourth-order valence-electron chi connectivity index (χ4n) is 2.42. The second kappa shape index (κ2) is 8.83. The normalized spacial score (nSPS) is 11.1. The van der Waals surface area contributed by atoms with Gasteiger partial charge in [-0.05, 0) is 42.0 Å². The van der Waals surface area contributed by atoms with E-state index in [0.717, 1.165) is 6.08 Å². The number of ether oxygens (including phenoxy) is 2. The molecule has 0 saturated carbocycles. The van der Waals surface area contributed by atoms with Gasteiger partial charge in [0, 0.05) is 11.8 Å². The molecule has 0 bridgehead atoms. The van der Waals surface area contributed by atoms with E-state index in [9.17, 15) is 23.2 Å². The van der Waals surface area contributed by atoms with E-state index in [4.69, 9.17) is 4.74 Å². The van der Waals surface area contributed by atoms with E-state index < -0.39 is 25.1 Å². The van der Waals surface area contributed by atoms with Gasteiger partial charge in [0.15, 0.2) is 6.61 Å². The summed E-state index contributed by atoms with van der Waals surface area (Å²) in [6.07, 6.45) is 2.51. The Balaban J connectivity index is 1.48. The molecule has 3 N–H and O–H groups in total. The fourth-order valence-corrected chi connectivity index (χ4v) is 2.42. The molecule has 0 fully saturated rings. The molecule has 1 aromatic heterocycles. The minimum atomic E-state index is -2.91. The van der Waals surface area contributed by atoms with Gasteiger partial charge >= 0.3 is 18.3 Å². The van der Waals surface area contributed by atoms with Crippen LogP contribution in [0.3, 0.4) is 0 Å². The molecule has 0 radical (unpaired) electrons. The molecule has 3 rings (SSSR count). The van der Waals surface area contributed by atoms with Gasteiger partial charge < -0.3 is 24.8 Å². The first-order valence-electron chi connectivity index (χ1n) is 8.31. The lowest BCUT2D eigenvalue weighted by Crippen LogP contribution is -2.20. The summed E-state index contributed by atoms with van der Waals surface area (Å²) >= 11 is 0. The molecule has 3 aromatic rings. The smallest absolute Gasteiger partial charge is 0.387 e. The number of alkyl halides is 2. The largest absolute Gasteiger partial charge is 0.452 e. The molecular formula is C19H15F2N3O5. The predicted molar refractivity (Wildman–Crippen MR) is 101 cm³/mol. The first kappa shape index (κ1) is 19.8. The van der Waals surface area contributed by atoms with Gasteiger partial charge in [-0.1, -0.05) is 12.1 Å². The highest BCUT2D eigenvalue weighted by Gasteiger charge is 2.07. The Hall–Kier alpha value is -3.95. The van der Waals surface area contributed by atoms with Gasteiger partial charge in [-0.25, -0.2) is 9.59 Å². The van der Waals surface area contributed by atoms with Gasteiger partial charge in [-0.15, -0.1) is 0 Å². The maximum Gasteiger partial charge on any atom is 0.387 e. The number of rotatable bonds is 7. The van der Waals surface area contributed by atoms with E-state index in [0.29, 0.717) is 22.3 Å². The molecule has 10 heteroatoms. The number of H-pyrrole nitrogens is 2. The van der Waals surface area contributed by atoms with E-state index in [1.54, 1.807) is 18.2 Å². The van der Waals surface area contributed by atoms with Crippen LogP contribution in [-0.4, -0.2) is 35.1 Å². The standard InChI is InChI=1S/C19H15F2N3O5/c20-18(21)29-13-5-1-11(2-6-13)3-8-17(26)28-10-16(25)22-12-4-7-14-15(9-12)24-19(27)23-14/h1-9,18H,10H2,(H,22,25)(H2,23,24,27). The number of halogens is 2. The number of amides is 1. The van der Waals surface area contributed by atoms with Crippen LogP contribution in [0.5, 0.6) is 5.75 Å². The zero-order chi connectivity index (χ0) is 20.8. The number of carbonyl (C=O) groups excluding carboxylic acids is 2. The number of carbonyl (C=O) groups is 2. The highest BCUT2D eigenvalue weighted by Crippen LogP contribution is 2.16. The highest BCUT2D eigenvalue weighted by molar-refractivity contribution is 5.96. The van der Waals surface area contributed by atoms with E-state index in [2.05, 4.69) is 20.0 Å². The van der Waals surface area contributed by atoms with Crippen LogP contribution in [0.15, 0.2) is 53.3 Å². The summed E-state index contributed by atoms with van der Waals surface area (Å²) in [6, 6.07) is 10.4. The molecule has 0 saturated heterocycles. The average Bonchev–Trinajstić information content (AvgIpc) is 3.04. The van der Waals surface area contributed by atoms with Crippen LogP contribution < -0.4 is 15.7 Å². The first-order chi connectivity index (χ1) is 13.9. The maximum atomic E-state index is 12.1. The monoisotopic (exact) mass is 403 g/mol. The summed E-state index contributed by atoms with van der Waals surface area (Å²) in [6.45, 7) is -3.42. The van der Waals surface area contributed by atoms with Crippen molar-refractivity contribution in [2.75, 3.05) is 11.9 Å². The van der Waals surface area contributed by atoms with Gasteiger partial charge in [-0.3, -0.25) is 4.79 Å². The Morgan fingerprint density at radius 3 is 2.52 bits per heavy atom. The molecule has 0 aliphatic carbocycles. The van der Waals surface area contributed by atoms with Crippen molar-refractivity contribution in [2.45, 2.75) is 6.61 Å². The van der Waals surface area contributed by atoms with E-state index in [1.165, 1.54) is 30.3 Å². The molecular weight excluding hydrogens is 388 g/mol. The summed E-state index contributed by atoms with van der Waals surface area (Å²) in [7, 11) is 0. The van der Waals surface area contributed by atoms with Crippen molar-refractivity contribution in [3.8, 4) is 5.75 Å². The summed E-state index contributed by atoms with van der Waals surface area (Å²) in [5.74, 6) is -1.31. The topological polar surface area (TPSA) is 113 Å². The van der Waals surface area contributed by atoms with Crippen LogP contribution in [0.25, 0.3) is 17.1 Å². The third-order valence-electron chi connectivity index (χ3n) is 3.66. The number of esters is 1. The van der Waals surface area contributed by atoms with Crippen molar-refractivity contribution in [3.63, 3.8) is 0 Å². The Morgan fingerprint density at radius 2 is 1.79 bits per heavy atom. The van der Waals surface area contributed by atoms with Gasteiger partial charge in [0.2, 0.25) is 0 Å². The summed E-state index contributed by atoms with van der Waals surface area (Å²) in [5, 5.41) is 2.54. The number of nitrogens with one attached hydrogen (secondary N) is 3. The molecule has 0 unspecified atom stereocenters. The molecule has 0 atom stereocenters. The third-order valence-corrected chi connectivity index (χ3v) is 3.66. The number of aromatic amines is 2. The van der Waals surface area contributed by atoms with Crippen molar-refractivity contribution in [2.24, 2.45) is 0 Å². The van der Waals surface area contributed by atoms with E-state index in [-0.39, 0.29) is 11.4 Å². The number of benzene rings is 2. The number of fused-ring (bicyclic) bond motifs is 1. The molecule has 150 valence electrons. The van der Waals surface area contributed by atoms with Crippen molar-refractivity contribution in [1.29, 1.82) is 0 Å². The first-order valence-corrected chi connectivity index (χ1v) is 8.31. The molecule has 8 nitrogen and oxygen atoms in total. The number of hydrogen-bond donors (Lipinski definition) is 3. The van der Waals surface area contributed by atoms with Crippen LogP contribution in [-0.2, 0) is 14.3 Å². The summed E-state index contributed by atoms with van der Waals surface area (Å²) in [5.41, 5.74) is 1.74. The van der Waals surface area contributed by atoms with Crippen molar-refractivity contribution < 1.29 is 27.8 Å². The predicted octanol–water partition coefficient (Wildman–Crippen LogP) is 2.65. The fraction of sp³-hybridized carbons (Fsp3) is 0.105. The minimum absolute atomic E-state index is 0.00157. The summed E-state index contributed by atoms with van der Waals surface area (Å²) in [4.78, 5) is 40.0. The lowest BCUT2D eigenvalue weighted by atomic mass is 10.2. The number of imidazole rings is 1. The third kappa shape index (κ3) is 5.76. The Kier molecular flexibility index (Phi) is 6.03. The quantitative estimate of drug-likeness (QED) is 0.415. The molecule has 2 aromatic carbocycles. The SMILES string of the molecule is O=C(COC(=O)C=Cc1ccc(OC(F)F)cc1)Nc1ccc2[nH]c(=O)[nH]c2c1. The number of hydrogen-bond acceptors (Lipinski definition) is 5. The summed E-state index contributed by atoms with van der Waals surface area (Å²) < 4.78 is 33.2. The van der Waals surface area contributed by atoms with Crippen LogP contribution in [0.1, 0.15) is 5.56 Å². The molecule has 1 amide bonds. The Bertz CT molecular complexity index is 1100.